The molecule has 1 N–H and O–H groups in total. The van der Waals surface area contributed by atoms with Crippen molar-refractivity contribution >= 4 is 24.1 Å². The summed E-state index contributed by atoms with van der Waals surface area (Å²) >= 11 is 0. The van der Waals surface area contributed by atoms with Gasteiger partial charge in [0.2, 0.25) is 5.91 Å². The normalized spacial score (nSPS) is 20.5. The Morgan fingerprint density at radius 2 is 2.15 bits per heavy atom. The van der Waals surface area contributed by atoms with E-state index in [2.05, 4.69) is 33.0 Å². The molecule has 1 atom stereocenters. The van der Waals surface area contributed by atoms with Crippen LogP contribution in [0.25, 0.3) is 0 Å². The number of carbonyl (C=O) groups is 1. The zero-order chi connectivity index (χ0) is 23.7. The first-order valence-electron chi connectivity index (χ1n) is 12.1. The molecule has 2 aromatic rings. The van der Waals surface area contributed by atoms with E-state index in [1.54, 1.807) is 22.5 Å². The summed E-state index contributed by atoms with van der Waals surface area (Å²) in [6, 6.07) is 5.66. The van der Waals surface area contributed by atoms with Gasteiger partial charge in [-0.3, -0.25) is 29.0 Å². The molecule has 0 aromatic carbocycles. The second-order valence-corrected chi connectivity index (χ2v) is 9.38. The van der Waals surface area contributed by atoms with Crippen LogP contribution in [0.5, 0.6) is 5.75 Å². The number of aromatic nitrogens is 2. The van der Waals surface area contributed by atoms with Gasteiger partial charge in [0.15, 0.2) is 0 Å². The number of amides is 1. The van der Waals surface area contributed by atoms with Gasteiger partial charge in [-0.05, 0) is 63.2 Å². The van der Waals surface area contributed by atoms with Crippen LogP contribution in [0.1, 0.15) is 37.4 Å². The monoisotopic (exact) mass is 464 g/mol. The van der Waals surface area contributed by atoms with Crippen LogP contribution in [-0.2, 0) is 24.3 Å². The molecule has 1 unspecified atom stereocenters. The predicted octanol–water partition coefficient (Wildman–Crippen LogP) is 1.89. The van der Waals surface area contributed by atoms with Crippen LogP contribution >= 0.6 is 0 Å². The van der Waals surface area contributed by atoms with Gasteiger partial charge < -0.3 is 15.0 Å². The van der Waals surface area contributed by atoms with Crippen molar-refractivity contribution in [2.45, 2.75) is 57.8 Å². The Labute approximate surface area is 199 Å². The van der Waals surface area contributed by atoms with Crippen LogP contribution < -0.4 is 20.5 Å². The number of aliphatic imine (C=N–C) groups is 1. The number of carbonyl (C=O) groups excluding carboxylic acids is 1. The lowest BCUT2D eigenvalue weighted by Gasteiger charge is -2.35. The maximum absolute atomic E-state index is 12.5. The van der Waals surface area contributed by atoms with Crippen LogP contribution in [0.4, 0.5) is 11.5 Å². The fourth-order valence-electron chi connectivity index (χ4n) is 5.39. The summed E-state index contributed by atoms with van der Waals surface area (Å²) in [5, 5.41) is 3.66. The summed E-state index contributed by atoms with van der Waals surface area (Å²) in [7, 11) is 0. The average molecular weight is 465 g/mol. The number of pyridine rings is 2. The number of ether oxygens (including phenoxy) is 1. The first kappa shape index (κ1) is 22.7. The van der Waals surface area contributed by atoms with E-state index in [0.717, 1.165) is 69.9 Å². The van der Waals surface area contributed by atoms with Gasteiger partial charge in [-0.2, -0.15) is 0 Å². The van der Waals surface area contributed by atoms with Crippen LogP contribution in [0.15, 0.2) is 34.2 Å². The third kappa shape index (κ3) is 4.50. The SMILES string of the molecule is C=Nc1ccc(=O)n2c1N(C(C)=O)C(CN1CCC(NCc3cc4c(cn3)OCCC4)CC1)C2. The molecule has 0 aliphatic carbocycles. The molecule has 9 heteroatoms. The van der Waals surface area contributed by atoms with E-state index < -0.39 is 0 Å². The van der Waals surface area contributed by atoms with Crippen LogP contribution in [0.3, 0.4) is 0 Å². The number of hydrogen-bond acceptors (Lipinski definition) is 7. The molecule has 0 spiro atoms. The molecule has 5 rings (SSSR count). The molecule has 1 fully saturated rings. The summed E-state index contributed by atoms with van der Waals surface area (Å²) in [5.41, 5.74) is 2.78. The Bertz CT molecular complexity index is 1140. The highest BCUT2D eigenvalue weighted by Gasteiger charge is 2.36. The number of piperidine rings is 1. The number of anilines is 1. The highest BCUT2D eigenvalue weighted by molar-refractivity contribution is 5.95. The first-order valence-corrected chi connectivity index (χ1v) is 12.1. The summed E-state index contributed by atoms with van der Waals surface area (Å²) < 4.78 is 7.32. The zero-order valence-electron chi connectivity index (χ0n) is 19.7. The molecule has 0 bridgehead atoms. The van der Waals surface area contributed by atoms with Gasteiger partial charge in [0.1, 0.15) is 17.3 Å². The van der Waals surface area contributed by atoms with Gasteiger partial charge in [-0.25, -0.2) is 0 Å². The van der Waals surface area contributed by atoms with Gasteiger partial charge in [-0.15, -0.1) is 0 Å². The first-order chi connectivity index (χ1) is 16.5. The van der Waals surface area contributed by atoms with Crippen molar-refractivity contribution in [3.05, 3.63) is 46.0 Å². The number of rotatable bonds is 6. The Morgan fingerprint density at radius 3 is 2.91 bits per heavy atom. The van der Waals surface area contributed by atoms with Crippen molar-refractivity contribution < 1.29 is 9.53 Å². The van der Waals surface area contributed by atoms with Crippen LogP contribution in [-0.4, -0.2) is 65.4 Å². The van der Waals surface area contributed by atoms with E-state index in [4.69, 9.17) is 4.74 Å². The lowest BCUT2D eigenvalue weighted by atomic mass is 10.0. The van der Waals surface area contributed by atoms with Gasteiger partial charge >= 0.3 is 0 Å². The number of likely N-dealkylation sites (tertiary alicyclic amines) is 1. The lowest BCUT2D eigenvalue weighted by molar-refractivity contribution is -0.117. The van der Waals surface area contributed by atoms with Crippen molar-refractivity contribution in [3.63, 3.8) is 0 Å². The fraction of sp³-hybridized carbons (Fsp3) is 0.520. The fourth-order valence-corrected chi connectivity index (χ4v) is 5.39. The molecular weight excluding hydrogens is 432 g/mol. The topological polar surface area (TPSA) is 92.1 Å². The summed E-state index contributed by atoms with van der Waals surface area (Å²) in [6.07, 6.45) is 6.05. The number of nitrogens with one attached hydrogen (secondary N) is 1. The minimum absolute atomic E-state index is 0.0775. The quantitative estimate of drug-likeness (QED) is 0.657. The van der Waals surface area contributed by atoms with Gasteiger partial charge in [0.05, 0.1) is 24.5 Å². The third-order valence-electron chi connectivity index (χ3n) is 7.11. The van der Waals surface area contributed by atoms with Crippen LogP contribution in [0, 0.1) is 0 Å². The van der Waals surface area contributed by atoms with E-state index in [-0.39, 0.29) is 17.5 Å². The average Bonchev–Trinajstić information content (AvgIpc) is 3.24. The predicted molar refractivity (Wildman–Crippen MR) is 131 cm³/mol. The number of aryl methyl sites for hydroxylation is 1. The smallest absolute Gasteiger partial charge is 0.252 e. The van der Waals surface area contributed by atoms with E-state index in [1.165, 1.54) is 11.6 Å². The molecule has 0 saturated carbocycles. The van der Waals surface area contributed by atoms with Gasteiger partial charge in [0, 0.05) is 38.7 Å². The minimum Gasteiger partial charge on any atom is -0.492 e. The Hall–Kier alpha value is -3.04. The Kier molecular flexibility index (Phi) is 6.47. The molecule has 180 valence electrons. The summed E-state index contributed by atoms with van der Waals surface area (Å²) in [5.74, 6) is 1.42. The maximum Gasteiger partial charge on any atom is 0.252 e. The highest BCUT2D eigenvalue weighted by Crippen LogP contribution is 2.34. The van der Waals surface area contributed by atoms with Crippen molar-refractivity contribution in [2.24, 2.45) is 4.99 Å². The molecular formula is C25H32N6O3. The molecule has 3 aliphatic heterocycles. The second-order valence-electron chi connectivity index (χ2n) is 9.38. The highest BCUT2D eigenvalue weighted by atomic mass is 16.5. The van der Waals surface area contributed by atoms with Crippen molar-refractivity contribution in [1.29, 1.82) is 0 Å². The largest absolute Gasteiger partial charge is 0.492 e. The zero-order valence-corrected chi connectivity index (χ0v) is 19.7. The van der Waals surface area contributed by atoms with E-state index in [1.807, 2.05) is 6.20 Å². The molecule has 3 aliphatic rings. The summed E-state index contributed by atoms with van der Waals surface area (Å²) in [4.78, 5) is 37.6. The van der Waals surface area contributed by atoms with Gasteiger partial charge in [0.25, 0.3) is 5.56 Å². The Balaban J connectivity index is 1.16. The van der Waals surface area contributed by atoms with Crippen molar-refractivity contribution in [1.82, 2.24) is 19.8 Å². The minimum atomic E-state index is -0.110. The van der Waals surface area contributed by atoms with Gasteiger partial charge in [-0.1, -0.05) is 0 Å². The number of fused-ring (bicyclic) bond motifs is 2. The van der Waals surface area contributed by atoms with Crippen molar-refractivity contribution in [3.8, 4) is 5.75 Å². The molecule has 0 radical (unpaired) electrons. The second kappa shape index (κ2) is 9.68. The van der Waals surface area contributed by atoms with E-state index in [9.17, 15) is 9.59 Å². The number of hydrogen-bond donors (Lipinski definition) is 1. The molecule has 9 nitrogen and oxygen atoms in total. The molecule has 5 heterocycles. The summed E-state index contributed by atoms with van der Waals surface area (Å²) in [6.45, 7) is 9.81. The molecule has 1 amide bonds. The van der Waals surface area contributed by atoms with Crippen molar-refractivity contribution in [2.75, 3.05) is 31.1 Å². The third-order valence-corrected chi connectivity index (χ3v) is 7.11. The van der Waals surface area contributed by atoms with E-state index >= 15 is 0 Å². The van der Waals surface area contributed by atoms with Crippen LogP contribution in [0.2, 0.25) is 0 Å². The molecule has 1 saturated heterocycles. The maximum atomic E-state index is 12.5. The molecule has 2 aromatic heterocycles. The number of nitrogens with zero attached hydrogens (tertiary/aromatic N) is 5. The van der Waals surface area contributed by atoms with E-state index in [0.29, 0.717) is 24.1 Å². The lowest BCUT2D eigenvalue weighted by Crippen LogP contribution is -2.49. The molecule has 34 heavy (non-hydrogen) atoms. The Morgan fingerprint density at radius 1 is 1.32 bits per heavy atom. The standard InChI is InChI=1S/C25H32N6O3/c1-17(32)31-21(16-30-24(33)6-5-22(26-2)25(30)31)15-29-9-7-19(8-10-29)27-13-20-12-18-4-3-11-34-23(18)14-28-20/h5-6,12,14,19,21,27H,2-4,7-11,13,15-16H2,1H3.